The minimum atomic E-state index is 0.363. The molecule has 0 fully saturated rings. The average Bonchev–Trinajstić information content (AvgIpc) is 3.50. The van der Waals surface area contributed by atoms with E-state index in [0.29, 0.717) is 11.4 Å². The second-order valence-corrected chi connectivity index (χ2v) is 8.74. The number of aryl methyl sites for hydroxylation is 1. The topological polar surface area (TPSA) is 60.6 Å². The lowest BCUT2D eigenvalue weighted by Gasteiger charge is -2.10. The molecule has 0 unspecified atom stereocenters. The lowest BCUT2D eigenvalue weighted by Crippen LogP contribution is -2.15. The van der Waals surface area contributed by atoms with Crippen molar-refractivity contribution in [1.82, 2.24) is 9.24 Å². The zero-order chi connectivity index (χ0) is 27.2. The minimum absolute atomic E-state index is 0.363. The molecule has 38 heavy (non-hydrogen) atoms. The van der Waals surface area contributed by atoms with Crippen LogP contribution in [0.25, 0.3) is 44.5 Å². The maximum absolute atomic E-state index is 6.45. The van der Waals surface area contributed by atoms with E-state index in [4.69, 9.17) is 10.8 Å². The van der Waals surface area contributed by atoms with Crippen LogP contribution >= 0.6 is 0 Å². The van der Waals surface area contributed by atoms with Crippen molar-refractivity contribution in [2.45, 2.75) is 13.8 Å². The van der Waals surface area contributed by atoms with Crippen LogP contribution in [-0.4, -0.2) is 28.3 Å². The number of hydrogen-bond donors (Lipinski definition) is 1. The van der Waals surface area contributed by atoms with Gasteiger partial charge in [-0.2, -0.15) is 0 Å². The number of fused-ring (bicyclic) bond motifs is 4. The molecule has 2 aromatic heterocycles. The number of rotatable bonds is 6. The second-order valence-electron chi connectivity index (χ2n) is 8.74. The Kier molecular flexibility index (Phi) is 7.88. The van der Waals surface area contributed by atoms with Crippen molar-refractivity contribution in [1.29, 1.82) is 0 Å². The predicted molar refractivity (Wildman–Crippen MR) is 167 cm³/mol. The summed E-state index contributed by atoms with van der Waals surface area (Å²) in [6, 6.07) is 20.9. The van der Waals surface area contributed by atoms with Gasteiger partial charge < -0.3 is 10.3 Å². The number of allylic oxidation sites excluding steroid dienone is 2. The highest BCUT2D eigenvalue weighted by atomic mass is 15.4. The molecule has 0 aliphatic carbocycles. The van der Waals surface area contributed by atoms with Crippen LogP contribution in [0.1, 0.15) is 18.1 Å². The van der Waals surface area contributed by atoms with Crippen molar-refractivity contribution in [2.75, 3.05) is 7.05 Å². The van der Waals surface area contributed by atoms with Crippen LogP contribution in [0.15, 0.2) is 120 Å². The summed E-state index contributed by atoms with van der Waals surface area (Å²) in [5, 5.41) is 8.23. The first-order valence-electron chi connectivity index (χ1n) is 12.4. The van der Waals surface area contributed by atoms with Gasteiger partial charge in [0.2, 0.25) is 0 Å². The molecule has 0 amide bonds. The fourth-order valence-electron chi connectivity index (χ4n) is 4.77. The molecule has 5 heteroatoms. The summed E-state index contributed by atoms with van der Waals surface area (Å²) in [5.41, 5.74) is 13.6. The molecule has 2 N–H and O–H groups in total. The zero-order valence-corrected chi connectivity index (χ0v) is 22.2. The number of nitrogens with zero attached hydrogens (tertiary/aromatic N) is 4. The summed E-state index contributed by atoms with van der Waals surface area (Å²) in [4.78, 5) is 4.02. The molecule has 2 heterocycles. The first kappa shape index (κ1) is 26.2. The van der Waals surface area contributed by atoms with E-state index >= 15 is 0 Å². The number of nitrogens with two attached hydrogens (primary N) is 1. The smallest absolute Gasteiger partial charge is 0.151 e. The van der Waals surface area contributed by atoms with Gasteiger partial charge in [-0.05, 0) is 61.4 Å². The van der Waals surface area contributed by atoms with E-state index in [1.54, 1.807) is 31.5 Å². The fraction of sp³-hybridized carbons (Fsp3) is 0.0909. The monoisotopic (exact) mass is 499 g/mol. The van der Waals surface area contributed by atoms with Gasteiger partial charge in [0.05, 0.1) is 16.6 Å². The molecule has 0 spiro atoms. The van der Waals surface area contributed by atoms with Crippen LogP contribution in [-0.2, 0) is 0 Å². The van der Waals surface area contributed by atoms with E-state index in [2.05, 4.69) is 90.9 Å². The molecule has 3 aromatic carbocycles. The van der Waals surface area contributed by atoms with E-state index in [9.17, 15) is 0 Å². The Morgan fingerprint density at radius 1 is 0.947 bits per heavy atom. The van der Waals surface area contributed by atoms with Crippen LogP contribution in [0.3, 0.4) is 0 Å². The maximum Gasteiger partial charge on any atom is 0.151 e. The third kappa shape index (κ3) is 4.62. The van der Waals surface area contributed by atoms with Gasteiger partial charge in [0.1, 0.15) is 0 Å². The highest BCUT2D eigenvalue weighted by Crippen LogP contribution is 2.39. The van der Waals surface area contributed by atoms with Crippen LogP contribution in [0.5, 0.6) is 0 Å². The number of para-hydroxylation sites is 1. The molecule has 0 aliphatic rings. The summed E-state index contributed by atoms with van der Waals surface area (Å²) in [5.74, 6) is 0.363. The molecule has 0 saturated carbocycles. The molecule has 0 radical (unpaired) electrons. The van der Waals surface area contributed by atoms with Crippen LogP contribution in [0, 0.1) is 6.92 Å². The number of aliphatic imine (C=N–C) groups is 1. The fourth-order valence-corrected chi connectivity index (χ4v) is 4.77. The minimum Gasteiger partial charge on any atom is -0.382 e. The van der Waals surface area contributed by atoms with Crippen LogP contribution < -0.4 is 5.73 Å². The Bertz CT molecular complexity index is 1740. The Hall–Kier alpha value is -4.90. The average molecular weight is 500 g/mol. The number of hydrogen-bond acceptors (Lipinski definition) is 2. The first-order valence-corrected chi connectivity index (χ1v) is 12.4. The van der Waals surface area contributed by atoms with Gasteiger partial charge in [0, 0.05) is 46.9 Å². The standard InChI is InChI=1S/C30H27N5.C3H6/c1-5-21-11-10-14-25-28(21)27-20(3)29-23(16-18-34(29)24-12-8-7-9-13-24)19-26(27)35(25)33-30(31)22(6-2)15-17-32-4;1-3-2/h5-19H,1-2H2,3-4H3,(H2,31,33);3H,1H2,2H3/b22-15+,32-17?;. The van der Waals surface area contributed by atoms with Gasteiger partial charge >= 0.3 is 0 Å². The number of benzene rings is 3. The van der Waals surface area contributed by atoms with Crippen molar-refractivity contribution in [3.8, 4) is 5.69 Å². The van der Waals surface area contributed by atoms with E-state index in [0.717, 1.165) is 38.4 Å². The van der Waals surface area contributed by atoms with Gasteiger partial charge in [0.15, 0.2) is 5.84 Å². The molecule has 5 aromatic rings. The Morgan fingerprint density at radius 3 is 2.34 bits per heavy atom. The molecule has 190 valence electrons. The van der Waals surface area contributed by atoms with Crippen molar-refractivity contribution in [3.63, 3.8) is 0 Å². The van der Waals surface area contributed by atoms with E-state index in [1.807, 2.05) is 29.8 Å². The number of aromatic nitrogens is 2. The van der Waals surface area contributed by atoms with Gasteiger partial charge in [-0.25, -0.2) is 4.68 Å². The third-order valence-corrected chi connectivity index (χ3v) is 6.36. The number of amidine groups is 1. The SMILES string of the molecule is C=CC.C=CC(=C\C=NC)/C(N)=N/n1c2cccc(C=C)c2c2c(C)c3c(ccn3-c3ccccc3)cc21. The van der Waals surface area contributed by atoms with Crippen LogP contribution in [0.2, 0.25) is 0 Å². The van der Waals surface area contributed by atoms with Crippen molar-refractivity contribution >= 4 is 50.8 Å². The molecular weight excluding hydrogens is 466 g/mol. The summed E-state index contributed by atoms with van der Waals surface area (Å²) >= 11 is 0. The third-order valence-electron chi connectivity index (χ3n) is 6.36. The molecule has 0 aliphatic heterocycles. The zero-order valence-electron chi connectivity index (χ0n) is 22.2. The molecular formula is C33H33N5. The Labute approximate surface area is 223 Å². The van der Waals surface area contributed by atoms with Gasteiger partial charge in [-0.1, -0.05) is 61.7 Å². The summed E-state index contributed by atoms with van der Waals surface area (Å²) in [7, 11) is 1.71. The largest absolute Gasteiger partial charge is 0.382 e. The molecule has 0 atom stereocenters. The lowest BCUT2D eigenvalue weighted by atomic mass is 10.0. The Morgan fingerprint density at radius 2 is 1.68 bits per heavy atom. The normalized spacial score (nSPS) is 12.2. The van der Waals surface area contributed by atoms with Crippen molar-refractivity contribution < 1.29 is 0 Å². The first-order chi connectivity index (χ1) is 18.5. The van der Waals surface area contributed by atoms with Gasteiger partial charge in [-0.3, -0.25) is 4.99 Å². The van der Waals surface area contributed by atoms with Crippen molar-refractivity contribution in [2.24, 2.45) is 15.8 Å². The predicted octanol–water partition coefficient (Wildman–Crippen LogP) is 7.82. The molecule has 0 saturated heterocycles. The Balaban J connectivity index is 0.00000107. The summed E-state index contributed by atoms with van der Waals surface area (Å²) < 4.78 is 4.17. The van der Waals surface area contributed by atoms with E-state index < -0.39 is 0 Å². The highest BCUT2D eigenvalue weighted by molar-refractivity contribution is 6.17. The molecule has 5 nitrogen and oxygen atoms in total. The lowest BCUT2D eigenvalue weighted by molar-refractivity contribution is 0.962. The maximum atomic E-state index is 6.45. The molecule has 5 rings (SSSR count). The van der Waals surface area contributed by atoms with Crippen molar-refractivity contribution in [3.05, 3.63) is 122 Å². The quantitative estimate of drug-likeness (QED) is 0.110. The van der Waals surface area contributed by atoms with E-state index in [1.165, 1.54) is 11.1 Å². The van der Waals surface area contributed by atoms with E-state index in [-0.39, 0.29) is 0 Å². The van der Waals surface area contributed by atoms with Crippen LogP contribution in [0.4, 0.5) is 0 Å². The summed E-state index contributed by atoms with van der Waals surface area (Å²) in [6.07, 6.45) is 10.9. The van der Waals surface area contributed by atoms with Gasteiger partial charge in [0.25, 0.3) is 0 Å². The summed E-state index contributed by atoms with van der Waals surface area (Å²) in [6.45, 7) is 15.4. The molecule has 0 bridgehead atoms. The van der Waals surface area contributed by atoms with Gasteiger partial charge in [-0.15, -0.1) is 11.7 Å². The highest BCUT2D eigenvalue weighted by Gasteiger charge is 2.19. The second kappa shape index (κ2) is 11.4.